The van der Waals surface area contributed by atoms with Gasteiger partial charge < -0.3 is 14.2 Å². The fourth-order valence-corrected chi connectivity index (χ4v) is 3.91. The summed E-state index contributed by atoms with van der Waals surface area (Å²) in [6.45, 7) is 4.24. The second kappa shape index (κ2) is 11.0. The standard InChI is InChI=1S/C19H28O5S/c1-6-13(2)17(11-16(18(20)23-4)19(21)24-5)25-12-14-7-9-15(22-3)10-8-14/h7-10,13,16-17H,6,11-12H2,1-5H3/t13?,17-/m1/s1. The molecular weight excluding hydrogens is 340 g/mol. The molecule has 0 saturated heterocycles. The average molecular weight is 368 g/mol. The summed E-state index contributed by atoms with van der Waals surface area (Å²) in [6, 6.07) is 7.91. The van der Waals surface area contributed by atoms with E-state index < -0.39 is 17.9 Å². The van der Waals surface area contributed by atoms with E-state index in [2.05, 4.69) is 13.8 Å². The normalized spacial score (nSPS) is 13.2. The molecule has 0 aliphatic heterocycles. The van der Waals surface area contributed by atoms with E-state index in [1.54, 1.807) is 18.9 Å². The van der Waals surface area contributed by atoms with Gasteiger partial charge in [-0.05, 0) is 30.0 Å². The molecule has 0 bridgehead atoms. The molecule has 0 N–H and O–H groups in total. The molecule has 0 aliphatic carbocycles. The van der Waals surface area contributed by atoms with Gasteiger partial charge in [-0.15, -0.1) is 0 Å². The third-order valence-corrected chi connectivity index (χ3v) is 5.93. The fourth-order valence-electron chi connectivity index (χ4n) is 2.46. The van der Waals surface area contributed by atoms with E-state index in [1.807, 2.05) is 24.3 Å². The summed E-state index contributed by atoms with van der Waals surface area (Å²) in [5.74, 6) is 0.0325. The van der Waals surface area contributed by atoms with E-state index in [9.17, 15) is 9.59 Å². The number of ether oxygens (including phenoxy) is 3. The zero-order valence-corrected chi connectivity index (χ0v) is 16.4. The van der Waals surface area contributed by atoms with Crippen LogP contribution in [0.1, 0.15) is 32.3 Å². The van der Waals surface area contributed by atoms with Crippen molar-refractivity contribution in [2.75, 3.05) is 21.3 Å². The lowest BCUT2D eigenvalue weighted by Crippen LogP contribution is -2.31. The molecule has 5 nitrogen and oxygen atoms in total. The molecule has 6 heteroatoms. The van der Waals surface area contributed by atoms with Gasteiger partial charge in [-0.2, -0.15) is 11.8 Å². The van der Waals surface area contributed by atoms with Crippen molar-refractivity contribution >= 4 is 23.7 Å². The van der Waals surface area contributed by atoms with Gasteiger partial charge in [0.2, 0.25) is 0 Å². The molecule has 0 amide bonds. The summed E-state index contributed by atoms with van der Waals surface area (Å²) >= 11 is 1.75. The van der Waals surface area contributed by atoms with Crippen molar-refractivity contribution in [3.05, 3.63) is 29.8 Å². The largest absolute Gasteiger partial charge is 0.497 e. The quantitative estimate of drug-likeness (QED) is 0.464. The molecule has 0 aromatic heterocycles. The van der Waals surface area contributed by atoms with Crippen molar-refractivity contribution in [3.63, 3.8) is 0 Å². The number of thioether (sulfide) groups is 1. The summed E-state index contributed by atoms with van der Waals surface area (Å²) in [4.78, 5) is 23.9. The lowest BCUT2D eigenvalue weighted by atomic mass is 9.94. The lowest BCUT2D eigenvalue weighted by Gasteiger charge is -2.25. The maximum Gasteiger partial charge on any atom is 0.320 e. The third-order valence-electron chi connectivity index (χ3n) is 4.34. The van der Waals surface area contributed by atoms with Gasteiger partial charge in [0.15, 0.2) is 5.92 Å². The molecule has 1 aromatic rings. The highest BCUT2D eigenvalue weighted by atomic mass is 32.2. The Balaban J connectivity index is 2.80. The minimum Gasteiger partial charge on any atom is -0.497 e. The Hall–Kier alpha value is -1.69. The van der Waals surface area contributed by atoms with E-state index in [0.29, 0.717) is 12.3 Å². The second-order valence-electron chi connectivity index (χ2n) is 5.92. The van der Waals surface area contributed by atoms with Crippen molar-refractivity contribution in [2.24, 2.45) is 11.8 Å². The van der Waals surface area contributed by atoms with Crippen LogP contribution < -0.4 is 4.74 Å². The number of hydrogen-bond donors (Lipinski definition) is 0. The smallest absolute Gasteiger partial charge is 0.320 e. The summed E-state index contributed by atoms with van der Waals surface area (Å²) in [5, 5.41) is 0.148. The van der Waals surface area contributed by atoms with E-state index in [4.69, 9.17) is 14.2 Å². The predicted molar refractivity (Wildman–Crippen MR) is 99.7 cm³/mol. The van der Waals surface area contributed by atoms with E-state index in [0.717, 1.165) is 17.9 Å². The predicted octanol–water partition coefficient (Wildman–Crippen LogP) is 3.70. The molecular formula is C19H28O5S. The van der Waals surface area contributed by atoms with Crippen LogP contribution in [-0.2, 0) is 24.8 Å². The Morgan fingerprint density at radius 3 is 2.04 bits per heavy atom. The first-order chi connectivity index (χ1) is 12.0. The summed E-state index contributed by atoms with van der Waals surface area (Å²) in [5.41, 5.74) is 1.17. The van der Waals surface area contributed by atoms with Crippen molar-refractivity contribution in [3.8, 4) is 5.75 Å². The molecule has 1 aromatic carbocycles. The minimum absolute atomic E-state index is 0.148. The maximum absolute atomic E-state index is 12.0. The van der Waals surface area contributed by atoms with Gasteiger partial charge in [0, 0.05) is 11.0 Å². The highest BCUT2D eigenvalue weighted by molar-refractivity contribution is 7.99. The van der Waals surface area contributed by atoms with Gasteiger partial charge in [-0.1, -0.05) is 32.4 Å². The Labute approximate surface area is 154 Å². The first-order valence-electron chi connectivity index (χ1n) is 8.36. The molecule has 0 aliphatic rings. The van der Waals surface area contributed by atoms with Gasteiger partial charge in [-0.25, -0.2) is 0 Å². The fraction of sp³-hybridized carbons (Fsp3) is 0.579. The number of hydrogen-bond acceptors (Lipinski definition) is 6. The van der Waals surface area contributed by atoms with Crippen LogP contribution in [0.5, 0.6) is 5.75 Å². The van der Waals surface area contributed by atoms with Gasteiger partial charge in [0.25, 0.3) is 0 Å². The van der Waals surface area contributed by atoms with Crippen LogP contribution in [0.4, 0.5) is 0 Å². The Morgan fingerprint density at radius 2 is 1.60 bits per heavy atom. The zero-order valence-electron chi connectivity index (χ0n) is 15.6. The van der Waals surface area contributed by atoms with Gasteiger partial charge in [0.1, 0.15) is 5.75 Å². The molecule has 0 fully saturated rings. The Morgan fingerprint density at radius 1 is 1.04 bits per heavy atom. The minimum atomic E-state index is -0.877. The topological polar surface area (TPSA) is 61.8 Å². The Bertz CT molecular complexity index is 527. The molecule has 2 atom stereocenters. The molecule has 0 saturated carbocycles. The summed E-state index contributed by atoms with van der Waals surface area (Å²) in [6.07, 6.45) is 1.38. The second-order valence-corrected chi connectivity index (χ2v) is 7.15. The molecule has 1 rings (SSSR count). The number of methoxy groups -OCH3 is 3. The number of esters is 2. The first kappa shape index (κ1) is 21.4. The van der Waals surface area contributed by atoms with Crippen LogP contribution in [0.15, 0.2) is 24.3 Å². The third kappa shape index (κ3) is 6.61. The highest BCUT2D eigenvalue weighted by Crippen LogP contribution is 2.32. The molecule has 0 heterocycles. The van der Waals surface area contributed by atoms with Crippen LogP contribution in [0.25, 0.3) is 0 Å². The van der Waals surface area contributed by atoms with Crippen LogP contribution in [0.2, 0.25) is 0 Å². The molecule has 0 spiro atoms. The van der Waals surface area contributed by atoms with E-state index >= 15 is 0 Å². The molecule has 25 heavy (non-hydrogen) atoms. The number of benzene rings is 1. The molecule has 1 unspecified atom stereocenters. The zero-order chi connectivity index (χ0) is 18.8. The van der Waals surface area contributed by atoms with E-state index in [-0.39, 0.29) is 5.25 Å². The van der Waals surface area contributed by atoms with E-state index in [1.165, 1.54) is 19.8 Å². The number of carbonyl (C=O) groups is 2. The summed E-state index contributed by atoms with van der Waals surface area (Å²) < 4.78 is 14.7. The van der Waals surface area contributed by atoms with Gasteiger partial charge >= 0.3 is 11.9 Å². The first-order valence-corrected chi connectivity index (χ1v) is 9.41. The number of rotatable bonds is 10. The van der Waals surface area contributed by atoms with Crippen LogP contribution in [0.3, 0.4) is 0 Å². The van der Waals surface area contributed by atoms with Crippen molar-refractivity contribution in [2.45, 2.75) is 37.7 Å². The van der Waals surface area contributed by atoms with Gasteiger partial charge in [-0.3, -0.25) is 9.59 Å². The molecule has 0 radical (unpaired) electrons. The van der Waals surface area contributed by atoms with Crippen molar-refractivity contribution in [1.29, 1.82) is 0 Å². The molecule has 140 valence electrons. The maximum atomic E-state index is 12.0. The lowest BCUT2D eigenvalue weighted by molar-refractivity contribution is -0.159. The van der Waals surface area contributed by atoms with Crippen LogP contribution in [-0.4, -0.2) is 38.5 Å². The summed E-state index contributed by atoms with van der Waals surface area (Å²) in [7, 11) is 4.23. The highest BCUT2D eigenvalue weighted by Gasteiger charge is 2.33. The van der Waals surface area contributed by atoms with Gasteiger partial charge in [0.05, 0.1) is 21.3 Å². The van der Waals surface area contributed by atoms with Crippen LogP contribution in [0, 0.1) is 11.8 Å². The SMILES string of the molecule is CCC(C)[C@@H](CC(C(=O)OC)C(=O)OC)SCc1ccc(OC)cc1. The van der Waals surface area contributed by atoms with Crippen LogP contribution >= 0.6 is 11.8 Å². The van der Waals surface area contributed by atoms with Crippen molar-refractivity contribution < 1.29 is 23.8 Å². The Kier molecular flexibility index (Phi) is 9.42. The monoisotopic (exact) mass is 368 g/mol. The average Bonchev–Trinajstić information content (AvgIpc) is 2.66. The number of carbonyl (C=O) groups excluding carboxylic acids is 2. The van der Waals surface area contributed by atoms with Crippen molar-refractivity contribution in [1.82, 2.24) is 0 Å².